The molecule has 0 bridgehead atoms. The Morgan fingerprint density at radius 1 is 1.26 bits per heavy atom. The Labute approximate surface area is 160 Å². The van der Waals surface area contributed by atoms with Crippen LogP contribution in [0.4, 0.5) is 5.69 Å². The highest BCUT2D eigenvalue weighted by Crippen LogP contribution is 2.35. The molecule has 5 nitrogen and oxygen atoms in total. The van der Waals surface area contributed by atoms with E-state index >= 15 is 0 Å². The van der Waals surface area contributed by atoms with Gasteiger partial charge < -0.3 is 15.6 Å². The van der Waals surface area contributed by atoms with Crippen LogP contribution in [0.3, 0.4) is 0 Å². The van der Waals surface area contributed by atoms with E-state index in [-0.39, 0.29) is 5.91 Å². The third kappa shape index (κ3) is 4.07. The van der Waals surface area contributed by atoms with Crippen molar-refractivity contribution in [1.82, 2.24) is 14.9 Å². The normalized spacial score (nSPS) is 18.4. The van der Waals surface area contributed by atoms with Gasteiger partial charge in [0.15, 0.2) is 0 Å². The van der Waals surface area contributed by atoms with Gasteiger partial charge in [-0.15, -0.1) is 0 Å². The molecule has 1 fully saturated rings. The van der Waals surface area contributed by atoms with Crippen LogP contribution in [0.2, 0.25) is 0 Å². The summed E-state index contributed by atoms with van der Waals surface area (Å²) in [6, 6.07) is 6.55. The summed E-state index contributed by atoms with van der Waals surface area (Å²) in [5.41, 5.74) is 12.0. The number of nitrogens with zero attached hydrogens (tertiary/aromatic N) is 2. The first-order valence-electron chi connectivity index (χ1n) is 10.0. The van der Waals surface area contributed by atoms with Crippen LogP contribution in [0.25, 0.3) is 5.57 Å². The second-order valence-electron chi connectivity index (χ2n) is 7.73. The second kappa shape index (κ2) is 7.99. The molecule has 1 aromatic carbocycles. The quantitative estimate of drug-likeness (QED) is 0.808. The van der Waals surface area contributed by atoms with Crippen molar-refractivity contribution in [2.24, 2.45) is 0 Å². The number of nitrogens with one attached hydrogen (secondary N) is 1. The van der Waals surface area contributed by atoms with E-state index in [1.807, 2.05) is 4.90 Å². The predicted octanol–water partition coefficient (Wildman–Crippen LogP) is 3.90. The largest absolute Gasteiger partial charge is 0.398 e. The standard InChI is InChI=1S/C22H28N4O/c23-21-7-6-18(12-20(21)17-4-2-1-3-5-17)16-8-10-26(11-9-16)22(27)13-19-14-24-15-25-19/h4,6-7,12,14-16H,1-3,5,8-11,13,23H2,(H,24,25). The van der Waals surface area contributed by atoms with Crippen LogP contribution < -0.4 is 5.73 Å². The minimum Gasteiger partial charge on any atom is -0.398 e. The van der Waals surface area contributed by atoms with Gasteiger partial charge in [0.1, 0.15) is 0 Å². The fourth-order valence-corrected chi connectivity index (χ4v) is 4.31. The van der Waals surface area contributed by atoms with E-state index in [4.69, 9.17) is 5.73 Å². The van der Waals surface area contributed by atoms with Crippen molar-refractivity contribution < 1.29 is 4.79 Å². The van der Waals surface area contributed by atoms with Crippen LogP contribution >= 0.6 is 0 Å². The van der Waals surface area contributed by atoms with Gasteiger partial charge in [-0.05, 0) is 67.7 Å². The van der Waals surface area contributed by atoms with E-state index in [1.165, 1.54) is 29.5 Å². The number of piperidine rings is 1. The van der Waals surface area contributed by atoms with Gasteiger partial charge in [0, 0.05) is 36.2 Å². The van der Waals surface area contributed by atoms with Crippen molar-refractivity contribution in [2.75, 3.05) is 18.8 Å². The molecule has 3 N–H and O–H groups in total. The number of anilines is 1. The number of amides is 1. The van der Waals surface area contributed by atoms with Crippen molar-refractivity contribution in [1.29, 1.82) is 0 Å². The molecule has 27 heavy (non-hydrogen) atoms. The summed E-state index contributed by atoms with van der Waals surface area (Å²) in [5, 5.41) is 0. The minimum atomic E-state index is 0.183. The molecular weight excluding hydrogens is 336 g/mol. The molecule has 2 aromatic rings. The zero-order valence-electron chi connectivity index (χ0n) is 15.8. The predicted molar refractivity (Wildman–Crippen MR) is 108 cm³/mol. The number of allylic oxidation sites excluding steroid dienone is 2. The topological polar surface area (TPSA) is 75.0 Å². The molecule has 0 radical (unpaired) electrons. The van der Waals surface area contributed by atoms with E-state index < -0.39 is 0 Å². The molecule has 2 aliphatic rings. The van der Waals surface area contributed by atoms with Crippen molar-refractivity contribution in [3.05, 3.63) is 53.6 Å². The Kier molecular flexibility index (Phi) is 5.28. The van der Waals surface area contributed by atoms with Gasteiger partial charge in [0.05, 0.1) is 12.7 Å². The number of likely N-dealkylation sites (tertiary alicyclic amines) is 1. The maximum Gasteiger partial charge on any atom is 0.228 e. The van der Waals surface area contributed by atoms with Crippen LogP contribution in [-0.4, -0.2) is 33.9 Å². The SMILES string of the molecule is Nc1ccc(C2CCN(C(=O)Cc3cnc[nH]3)CC2)cc1C1=CCCCC1. The molecule has 0 saturated carbocycles. The Bertz CT molecular complexity index is 817. The first kappa shape index (κ1) is 17.8. The summed E-state index contributed by atoms with van der Waals surface area (Å²) >= 11 is 0. The molecule has 1 saturated heterocycles. The summed E-state index contributed by atoms with van der Waals surface area (Å²) in [4.78, 5) is 21.4. The molecule has 0 atom stereocenters. The van der Waals surface area contributed by atoms with Crippen molar-refractivity contribution in [3.8, 4) is 0 Å². The van der Waals surface area contributed by atoms with E-state index in [9.17, 15) is 4.79 Å². The number of aromatic amines is 1. The zero-order chi connectivity index (χ0) is 18.6. The number of aromatic nitrogens is 2. The van der Waals surface area contributed by atoms with E-state index in [1.54, 1.807) is 12.5 Å². The summed E-state index contributed by atoms with van der Waals surface area (Å²) in [6.07, 6.45) is 13.0. The number of rotatable bonds is 4. The third-order valence-corrected chi connectivity index (χ3v) is 5.93. The monoisotopic (exact) mass is 364 g/mol. The van der Waals surface area contributed by atoms with Gasteiger partial charge in [-0.2, -0.15) is 0 Å². The van der Waals surface area contributed by atoms with Gasteiger partial charge in [-0.3, -0.25) is 4.79 Å². The summed E-state index contributed by atoms with van der Waals surface area (Å²) in [7, 11) is 0. The number of benzene rings is 1. The molecule has 0 spiro atoms. The number of carbonyl (C=O) groups is 1. The van der Waals surface area contributed by atoms with Crippen LogP contribution in [0.15, 0.2) is 36.8 Å². The lowest BCUT2D eigenvalue weighted by Gasteiger charge is -2.32. The van der Waals surface area contributed by atoms with Crippen LogP contribution in [-0.2, 0) is 11.2 Å². The van der Waals surface area contributed by atoms with Gasteiger partial charge in [-0.1, -0.05) is 12.1 Å². The van der Waals surface area contributed by atoms with Gasteiger partial charge in [0.2, 0.25) is 5.91 Å². The highest BCUT2D eigenvalue weighted by Gasteiger charge is 2.24. The number of hydrogen-bond donors (Lipinski definition) is 2. The highest BCUT2D eigenvalue weighted by atomic mass is 16.2. The van der Waals surface area contributed by atoms with Gasteiger partial charge >= 0.3 is 0 Å². The number of imidazole rings is 1. The zero-order valence-corrected chi connectivity index (χ0v) is 15.8. The van der Waals surface area contributed by atoms with Crippen LogP contribution in [0, 0.1) is 0 Å². The summed E-state index contributed by atoms with van der Waals surface area (Å²) in [5.74, 6) is 0.688. The van der Waals surface area contributed by atoms with E-state index in [2.05, 4.69) is 34.2 Å². The smallest absolute Gasteiger partial charge is 0.228 e. The fourth-order valence-electron chi connectivity index (χ4n) is 4.31. The minimum absolute atomic E-state index is 0.183. The Hall–Kier alpha value is -2.56. The molecule has 5 heteroatoms. The van der Waals surface area contributed by atoms with E-state index in [0.29, 0.717) is 12.3 Å². The number of hydrogen-bond acceptors (Lipinski definition) is 3. The van der Waals surface area contributed by atoms with Gasteiger partial charge in [0.25, 0.3) is 0 Å². The molecule has 4 rings (SSSR count). The van der Waals surface area contributed by atoms with Crippen LogP contribution in [0.1, 0.15) is 61.3 Å². The average Bonchev–Trinajstić information content (AvgIpc) is 3.22. The van der Waals surface area contributed by atoms with Gasteiger partial charge in [-0.25, -0.2) is 4.98 Å². The molecule has 1 aromatic heterocycles. The number of H-pyrrole nitrogens is 1. The molecule has 1 amide bonds. The molecule has 142 valence electrons. The maximum absolute atomic E-state index is 12.5. The molecular formula is C22H28N4O. The maximum atomic E-state index is 12.5. The number of nitrogen functional groups attached to an aromatic ring is 1. The summed E-state index contributed by atoms with van der Waals surface area (Å²) < 4.78 is 0. The number of nitrogens with two attached hydrogens (primary N) is 1. The molecule has 0 unspecified atom stereocenters. The van der Waals surface area contributed by atoms with Crippen molar-refractivity contribution in [3.63, 3.8) is 0 Å². The Morgan fingerprint density at radius 3 is 2.81 bits per heavy atom. The summed E-state index contributed by atoms with van der Waals surface area (Å²) in [6.45, 7) is 1.64. The molecule has 1 aliphatic carbocycles. The lowest BCUT2D eigenvalue weighted by Crippen LogP contribution is -2.38. The first-order chi connectivity index (χ1) is 13.2. The second-order valence-corrected chi connectivity index (χ2v) is 7.73. The highest BCUT2D eigenvalue weighted by molar-refractivity contribution is 5.78. The van der Waals surface area contributed by atoms with Crippen molar-refractivity contribution >= 4 is 17.2 Å². The third-order valence-electron chi connectivity index (χ3n) is 5.93. The molecule has 2 heterocycles. The lowest BCUT2D eigenvalue weighted by atomic mass is 9.85. The Morgan fingerprint density at radius 2 is 2.11 bits per heavy atom. The molecule has 1 aliphatic heterocycles. The number of carbonyl (C=O) groups excluding carboxylic acids is 1. The van der Waals surface area contributed by atoms with Crippen LogP contribution in [0.5, 0.6) is 0 Å². The van der Waals surface area contributed by atoms with E-state index in [0.717, 1.165) is 50.2 Å². The van der Waals surface area contributed by atoms with Crippen molar-refractivity contribution in [2.45, 2.75) is 50.9 Å². The Balaban J connectivity index is 1.40. The average molecular weight is 364 g/mol. The fraction of sp³-hybridized carbons (Fsp3) is 0.455. The lowest BCUT2D eigenvalue weighted by molar-refractivity contribution is -0.131. The first-order valence-corrected chi connectivity index (χ1v) is 10.0.